The Balaban J connectivity index is 1.95. The van der Waals surface area contributed by atoms with Gasteiger partial charge in [-0.25, -0.2) is 9.41 Å². The molecule has 0 aliphatic carbocycles. The molecule has 5 aromatic rings. The van der Waals surface area contributed by atoms with Gasteiger partial charge in [-0.05, 0) is 55.2 Å². The SMILES string of the molecule is [C-]#[N+]c1ccc2oc3c(-c4cccc[n+]4C)c(C)ccc3c2c1-c1ccc(C)cc1C. The molecule has 3 heteroatoms. The van der Waals surface area contributed by atoms with Crippen LogP contribution in [0.2, 0.25) is 0 Å². The lowest BCUT2D eigenvalue weighted by molar-refractivity contribution is -0.660. The Bertz CT molecular complexity index is 1530. The Labute approximate surface area is 182 Å². The highest BCUT2D eigenvalue weighted by Crippen LogP contribution is 2.45. The quantitative estimate of drug-likeness (QED) is 0.225. The summed E-state index contributed by atoms with van der Waals surface area (Å²) in [5.74, 6) is 0. The van der Waals surface area contributed by atoms with Gasteiger partial charge in [-0.3, -0.25) is 0 Å². The Morgan fingerprint density at radius 2 is 1.71 bits per heavy atom. The zero-order valence-electron chi connectivity index (χ0n) is 18.2. The maximum atomic E-state index is 7.81. The van der Waals surface area contributed by atoms with Crippen molar-refractivity contribution in [3.8, 4) is 22.4 Å². The minimum Gasteiger partial charge on any atom is -0.455 e. The smallest absolute Gasteiger partial charge is 0.216 e. The van der Waals surface area contributed by atoms with Crippen LogP contribution in [0, 0.1) is 27.3 Å². The van der Waals surface area contributed by atoms with E-state index < -0.39 is 0 Å². The van der Waals surface area contributed by atoms with Gasteiger partial charge in [-0.1, -0.05) is 42.0 Å². The summed E-state index contributed by atoms with van der Waals surface area (Å²) in [4.78, 5) is 3.86. The average molecular weight is 404 g/mol. The van der Waals surface area contributed by atoms with Crippen LogP contribution in [0.3, 0.4) is 0 Å². The second-order valence-corrected chi connectivity index (χ2v) is 8.20. The maximum absolute atomic E-state index is 7.81. The second kappa shape index (κ2) is 7.11. The van der Waals surface area contributed by atoms with Gasteiger partial charge in [0.2, 0.25) is 5.69 Å². The van der Waals surface area contributed by atoms with Gasteiger partial charge < -0.3 is 4.42 Å². The number of benzene rings is 3. The molecule has 0 aliphatic rings. The van der Waals surface area contributed by atoms with Gasteiger partial charge in [-0.15, -0.1) is 0 Å². The molecule has 3 nitrogen and oxygen atoms in total. The van der Waals surface area contributed by atoms with Crippen LogP contribution in [0.25, 0.3) is 49.2 Å². The van der Waals surface area contributed by atoms with Crippen LogP contribution in [0.1, 0.15) is 16.7 Å². The van der Waals surface area contributed by atoms with Crippen LogP contribution < -0.4 is 4.57 Å². The van der Waals surface area contributed by atoms with E-state index in [1.807, 2.05) is 18.2 Å². The van der Waals surface area contributed by atoms with Crippen LogP contribution in [-0.4, -0.2) is 0 Å². The number of aromatic nitrogens is 1. The number of rotatable bonds is 2. The molecule has 0 unspecified atom stereocenters. The van der Waals surface area contributed by atoms with Gasteiger partial charge in [0.15, 0.2) is 11.9 Å². The lowest BCUT2D eigenvalue weighted by Gasteiger charge is -2.11. The standard InChI is InChI=1S/C28H23N2O/c1-17-9-11-20(19(3)16-17)26-22(29-4)13-14-24-27(26)21-12-10-18(2)25(28(21)31-24)23-8-6-7-15-30(23)5/h6-16H,1-3,5H3/q+1. The maximum Gasteiger partial charge on any atom is 0.216 e. The van der Waals surface area contributed by atoms with Crippen LogP contribution in [-0.2, 0) is 7.05 Å². The first-order valence-corrected chi connectivity index (χ1v) is 10.4. The van der Waals surface area contributed by atoms with Crippen LogP contribution >= 0.6 is 0 Å². The minimum atomic E-state index is 0.648. The molecule has 5 rings (SSSR count). The predicted octanol–water partition coefficient (Wildman–Crippen LogP) is 7.22. The summed E-state index contributed by atoms with van der Waals surface area (Å²) >= 11 is 0. The molecule has 150 valence electrons. The topological polar surface area (TPSA) is 21.4 Å². The van der Waals surface area contributed by atoms with Crippen molar-refractivity contribution in [1.82, 2.24) is 0 Å². The molecule has 0 fully saturated rings. The zero-order valence-corrected chi connectivity index (χ0v) is 18.2. The normalized spacial score (nSPS) is 11.2. The molecular formula is C28H23N2O+. The Morgan fingerprint density at radius 3 is 2.45 bits per heavy atom. The summed E-state index contributed by atoms with van der Waals surface area (Å²) in [5.41, 5.74) is 10.1. The minimum absolute atomic E-state index is 0.648. The lowest BCUT2D eigenvalue weighted by atomic mass is 9.92. The fraction of sp³-hybridized carbons (Fsp3) is 0.143. The number of pyridine rings is 1. The summed E-state index contributed by atoms with van der Waals surface area (Å²) < 4.78 is 8.60. The molecule has 0 saturated heterocycles. The highest BCUT2D eigenvalue weighted by molar-refractivity contribution is 6.18. The van der Waals surface area contributed by atoms with Gasteiger partial charge in [0.25, 0.3) is 0 Å². The fourth-order valence-electron chi connectivity index (χ4n) is 4.58. The van der Waals surface area contributed by atoms with Gasteiger partial charge >= 0.3 is 0 Å². The fourth-order valence-corrected chi connectivity index (χ4v) is 4.58. The van der Waals surface area contributed by atoms with E-state index in [0.717, 1.165) is 55.4 Å². The number of nitrogens with zero attached hydrogens (tertiary/aromatic N) is 2. The molecule has 3 aromatic carbocycles. The molecule has 0 saturated carbocycles. The predicted molar refractivity (Wildman–Crippen MR) is 126 cm³/mol. The van der Waals surface area contributed by atoms with E-state index in [4.69, 9.17) is 11.0 Å². The summed E-state index contributed by atoms with van der Waals surface area (Å²) in [5, 5.41) is 2.05. The largest absolute Gasteiger partial charge is 0.455 e. The van der Waals surface area contributed by atoms with Crippen molar-refractivity contribution in [3.05, 3.63) is 95.0 Å². The van der Waals surface area contributed by atoms with Crippen molar-refractivity contribution in [3.63, 3.8) is 0 Å². The number of fused-ring (bicyclic) bond motifs is 3. The number of hydrogen-bond acceptors (Lipinski definition) is 1. The lowest BCUT2D eigenvalue weighted by Crippen LogP contribution is -2.30. The van der Waals surface area contributed by atoms with Crippen LogP contribution in [0.5, 0.6) is 0 Å². The van der Waals surface area contributed by atoms with E-state index in [2.05, 4.69) is 85.9 Å². The Kier molecular flexibility index (Phi) is 4.38. The van der Waals surface area contributed by atoms with Crippen molar-refractivity contribution in [1.29, 1.82) is 0 Å². The molecule has 0 spiro atoms. The molecule has 2 heterocycles. The van der Waals surface area contributed by atoms with Crippen molar-refractivity contribution in [2.75, 3.05) is 0 Å². The molecule has 0 atom stereocenters. The van der Waals surface area contributed by atoms with E-state index in [1.165, 1.54) is 5.56 Å². The molecule has 31 heavy (non-hydrogen) atoms. The van der Waals surface area contributed by atoms with E-state index in [-0.39, 0.29) is 0 Å². The zero-order chi connectivity index (χ0) is 21.7. The second-order valence-electron chi connectivity index (χ2n) is 8.20. The third kappa shape index (κ3) is 2.92. The van der Waals surface area contributed by atoms with E-state index in [1.54, 1.807) is 0 Å². The van der Waals surface area contributed by atoms with Crippen LogP contribution in [0.4, 0.5) is 5.69 Å². The van der Waals surface area contributed by atoms with Crippen molar-refractivity contribution >= 4 is 27.6 Å². The third-order valence-electron chi connectivity index (χ3n) is 6.08. The highest BCUT2D eigenvalue weighted by atomic mass is 16.3. The summed E-state index contributed by atoms with van der Waals surface area (Å²) in [6.45, 7) is 14.1. The van der Waals surface area contributed by atoms with Crippen LogP contribution in [0.15, 0.2) is 71.3 Å². The van der Waals surface area contributed by atoms with Gasteiger partial charge in [0.05, 0.1) is 12.1 Å². The van der Waals surface area contributed by atoms with E-state index in [0.29, 0.717) is 5.69 Å². The van der Waals surface area contributed by atoms with Crippen molar-refractivity contribution in [2.24, 2.45) is 7.05 Å². The Morgan fingerprint density at radius 1 is 0.871 bits per heavy atom. The molecular weight excluding hydrogens is 380 g/mol. The molecule has 0 amide bonds. The highest BCUT2D eigenvalue weighted by Gasteiger charge is 2.23. The Hall–Kier alpha value is -3.90. The molecule has 0 aliphatic heterocycles. The molecule has 2 aromatic heterocycles. The number of furan rings is 1. The number of hydrogen-bond donors (Lipinski definition) is 0. The average Bonchev–Trinajstić information content (AvgIpc) is 3.13. The summed E-state index contributed by atoms with van der Waals surface area (Å²) in [6.07, 6.45) is 2.05. The van der Waals surface area contributed by atoms with E-state index >= 15 is 0 Å². The summed E-state index contributed by atoms with van der Waals surface area (Å²) in [6, 6.07) is 20.7. The van der Waals surface area contributed by atoms with Gasteiger partial charge in [0.1, 0.15) is 18.2 Å². The summed E-state index contributed by atoms with van der Waals surface area (Å²) in [7, 11) is 2.05. The number of aryl methyl sites for hydroxylation is 4. The first-order chi connectivity index (χ1) is 15.0. The monoisotopic (exact) mass is 403 g/mol. The van der Waals surface area contributed by atoms with Crippen molar-refractivity contribution in [2.45, 2.75) is 20.8 Å². The van der Waals surface area contributed by atoms with E-state index in [9.17, 15) is 0 Å². The molecule has 0 radical (unpaired) electrons. The first kappa shape index (κ1) is 19.1. The molecule has 0 N–H and O–H groups in total. The van der Waals surface area contributed by atoms with Gasteiger partial charge in [0, 0.05) is 22.9 Å². The third-order valence-corrected chi connectivity index (χ3v) is 6.08. The molecule has 0 bridgehead atoms. The van der Waals surface area contributed by atoms with Gasteiger partial charge in [-0.2, -0.15) is 0 Å². The van der Waals surface area contributed by atoms with Crippen molar-refractivity contribution < 1.29 is 8.98 Å². The first-order valence-electron chi connectivity index (χ1n) is 10.4.